The molecule has 1 aromatic heterocycles. The summed E-state index contributed by atoms with van der Waals surface area (Å²) in [4.78, 5) is 3.88. The molecule has 4 nitrogen and oxygen atoms in total. The Morgan fingerprint density at radius 1 is 1.20 bits per heavy atom. The lowest BCUT2D eigenvalue weighted by Crippen LogP contribution is -2.03. The minimum atomic E-state index is -3.79. The molecule has 0 atom stereocenters. The molecule has 0 bridgehead atoms. The van der Waals surface area contributed by atoms with Crippen LogP contribution in [0.15, 0.2) is 24.5 Å². The summed E-state index contributed by atoms with van der Waals surface area (Å²) in [6.07, 6.45) is 5.47. The van der Waals surface area contributed by atoms with Gasteiger partial charge in [0, 0.05) is 12.4 Å². The molecule has 0 aliphatic rings. The maximum Gasteiger partial charge on any atom is 0.264 e. The van der Waals surface area contributed by atoms with E-state index in [1.807, 2.05) is 12.1 Å². The van der Waals surface area contributed by atoms with E-state index >= 15 is 0 Å². The van der Waals surface area contributed by atoms with Crippen LogP contribution in [-0.4, -0.2) is 23.7 Å². The summed E-state index contributed by atoms with van der Waals surface area (Å²) in [7, 11) is -3.79. The Morgan fingerprint density at radius 2 is 1.80 bits per heavy atom. The van der Waals surface area contributed by atoms with Gasteiger partial charge in [-0.15, -0.1) is 12.4 Å². The third-order valence-corrected chi connectivity index (χ3v) is 2.67. The van der Waals surface area contributed by atoms with Crippen molar-refractivity contribution in [2.75, 3.05) is 5.75 Å². The lowest BCUT2D eigenvalue weighted by molar-refractivity contribution is 0.480. The first-order valence-corrected chi connectivity index (χ1v) is 6.03. The van der Waals surface area contributed by atoms with Crippen LogP contribution < -0.4 is 0 Å². The summed E-state index contributed by atoms with van der Waals surface area (Å²) < 4.78 is 29.3. The molecule has 1 aromatic rings. The van der Waals surface area contributed by atoms with Crippen molar-refractivity contribution in [3.63, 3.8) is 0 Å². The van der Waals surface area contributed by atoms with E-state index in [1.54, 1.807) is 12.4 Å². The molecular weight excluding hydrogens is 238 g/mol. The Hall–Kier alpha value is -0.650. The molecule has 0 aliphatic heterocycles. The van der Waals surface area contributed by atoms with Crippen molar-refractivity contribution in [2.45, 2.75) is 19.3 Å². The largest absolute Gasteiger partial charge is 0.286 e. The number of nitrogens with zero attached hydrogens (tertiary/aromatic N) is 1. The van der Waals surface area contributed by atoms with Crippen LogP contribution in [0.5, 0.6) is 0 Å². The van der Waals surface area contributed by atoms with Crippen molar-refractivity contribution >= 4 is 22.5 Å². The van der Waals surface area contributed by atoms with Gasteiger partial charge in [-0.2, -0.15) is 8.42 Å². The molecule has 0 radical (unpaired) electrons. The second-order valence-corrected chi connectivity index (χ2v) is 4.67. The zero-order chi connectivity index (χ0) is 10.4. The standard InChI is InChI=1S/C9H13NO3S.ClH/c11-14(12,13)8-2-1-3-9-4-6-10-7-5-9;/h4-7H,1-3,8H2,(H,11,12,13);1H. The van der Waals surface area contributed by atoms with Gasteiger partial charge in [-0.3, -0.25) is 9.54 Å². The van der Waals surface area contributed by atoms with E-state index in [0.29, 0.717) is 6.42 Å². The maximum atomic E-state index is 10.4. The molecule has 6 heteroatoms. The van der Waals surface area contributed by atoms with Gasteiger partial charge in [0.25, 0.3) is 10.1 Å². The van der Waals surface area contributed by atoms with Crippen LogP contribution >= 0.6 is 12.4 Å². The molecule has 0 aliphatic carbocycles. The van der Waals surface area contributed by atoms with Crippen molar-refractivity contribution in [3.8, 4) is 0 Å². The molecule has 1 N–H and O–H groups in total. The van der Waals surface area contributed by atoms with E-state index in [2.05, 4.69) is 4.98 Å². The molecule has 0 saturated carbocycles. The summed E-state index contributed by atoms with van der Waals surface area (Å²) in [6.45, 7) is 0. The van der Waals surface area contributed by atoms with Gasteiger partial charge in [-0.25, -0.2) is 0 Å². The Labute approximate surface area is 95.9 Å². The van der Waals surface area contributed by atoms with Gasteiger partial charge in [0.15, 0.2) is 0 Å². The Bertz CT molecular complexity index is 366. The highest BCUT2D eigenvalue weighted by Gasteiger charge is 2.03. The SMILES string of the molecule is Cl.O=S(=O)(O)CCCCc1ccncc1. The van der Waals surface area contributed by atoms with Crippen LogP contribution in [0.3, 0.4) is 0 Å². The smallest absolute Gasteiger partial charge is 0.264 e. The molecular formula is C9H14ClNO3S. The van der Waals surface area contributed by atoms with Gasteiger partial charge in [-0.1, -0.05) is 0 Å². The van der Waals surface area contributed by atoms with Crippen molar-refractivity contribution < 1.29 is 13.0 Å². The third-order valence-electron chi connectivity index (χ3n) is 1.87. The minimum absolute atomic E-state index is 0. The van der Waals surface area contributed by atoms with Gasteiger partial charge in [0.1, 0.15) is 0 Å². The van der Waals surface area contributed by atoms with Gasteiger partial charge >= 0.3 is 0 Å². The fraction of sp³-hybridized carbons (Fsp3) is 0.444. The maximum absolute atomic E-state index is 10.4. The number of aryl methyl sites for hydroxylation is 1. The summed E-state index contributed by atoms with van der Waals surface area (Å²) in [5.74, 6) is -0.155. The zero-order valence-electron chi connectivity index (χ0n) is 8.17. The summed E-state index contributed by atoms with van der Waals surface area (Å²) in [5.41, 5.74) is 1.13. The highest BCUT2D eigenvalue weighted by atomic mass is 35.5. The molecule has 86 valence electrons. The first kappa shape index (κ1) is 14.3. The number of halogens is 1. The van der Waals surface area contributed by atoms with Crippen LogP contribution in [0.2, 0.25) is 0 Å². The van der Waals surface area contributed by atoms with E-state index in [0.717, 1.165) is 18.4 Å². The summed E-state index contributed by atoms with van der Waals surface area (Å²) in [6, 6.07) is 3.79. The molecule has 0 unspecified atom stereocenters. The van der Waals surface area contributed by atoms with Crippen molar-refractivity contribution in [2.24, 2.45) is 0 Å². The van der Waals surface area contributed by atoms with Gasteiger partial charge < -0.3 is 0 Å². The lowest BCUT2D eigenvalue weighted by Gasteiger charge is -1.99. The molecule has 1 rings (SSSR count). The van der Waals surface area contributed by atoms with Crippen LogP contribution in [0.25, 0.3) is 0 Å². The van der Waals surface area contributed by atoms with Crippen LogP contribution in [0, 0.1) is 0 Å². The van der Waals surface area contributed by atoms with E-state index in [-0.39, 0.29) is 18.2 Å². The number of hydrogen-bond acceptors (Lipinski definition) is 3. The molecule has 0 amide bonds. The molecule has 15 heavy (non-hydrogen) atoms. The number of hydrogen-bond donors (Lipinski definition) is 1. The fourth-order valence-corrected chi connectivity index (χ4v) is 1.73. The highest BCUT2D eigenvalue weighted by molar-refractivity contribution is 7.85. The fourth-order valence-electron chi connectivity index (χ4n) is 1.16. The Balaban J connectivity index is 0.00000196. The average Bonchev–Trinajstić information content (AvgIpc) is 2.13. The Morgan fingerprint density at radius 3 is 2.33 bits per heavy atom. The lowest BCUT2D eigenvalue weighted by atomic mass is 10.1. The summed E-state index contributed by atoms with van der Waals surface area (Å²) >= 11 is 0. The van der Waals surface area contributed by atoms with Gasteiger partial charge in [-0.05, 0) is 37.0 Å². The second-order valence-electron chi connectivity index (χ2n) is 3.10. The van der Waals surface area contributed by atoms with E-state index < -0.39 is 10.1 Å². The average molecular weight is 252 g/mol. The van der Waals surface area contributed by atoms with E-state index in [1.165, 1.54) is 0 Å². The molecule has 0 aromatic carbocycles. The first-order valence-electron chi connectivity index (χ1n) is 4.42. The zero-order valence-corrected chi connectivity index (χ0v) is 9.80. The number of rotatable bonds is 5. The second kappa shape index (κ2) is 6.76. The molecule has 1 heterocycles. The normalized spacial score (nSPS) is 10.7. The topological polar surface area (TPSA) is 67.3 Å². The van der Waals surface area contributed by atoms with E-state index in [4.69, 9.17) is 4.55 Å². The van der Waals surface area contributed by atoms with Crippen molar-refractivity contribution in [3.05, 3.63) is 30.1 Å². The monoisotopic (exact) mass is 251 g/mol. The Kier molecular flexibility index (Phi) is 6.47. The molecule has 0 saturated heterocycles. The first-order chi connectivity index (χ1) is 6.58. The third kappa shape index (κ3) is 7.30. The number of unbranched alkanes of at least 4 members (excludes halogenated alkanes) is 1. The summed E-state index contributed by atoms with van der Waals surface area (Å²) in [5, 5.41) is 0. The highest BCUT2D eigenvalue weighted by Crippen LogP contribution is 2.04. The van der Waals surface area contributed by atoms with Gasteiger partial charge in [0.2, 0.25) is 0 Å². The van der Waals surface area contributed by atoms with Crippen LogP contribution in [0.1, 0.15) is 18.4 Å². The van der Waals surface area contributed by atoms with Crippen LogP contribution in [0.4, 0.5) is 0 Å². The number of pyridine rings is 1. The van der Waals surface area contributed by atoms with Crippen molar-refractivity contribution in [1.29, 1.82) is 0 Å². The predicted octanol–water partition coefficient (Wildman–Crippen LogP) is 1.71. The predicted molar refractivity (Wildman–Crippen MR) is 60.8 cm³/mol. The van der Waals surface area contributed by atoms with Crippen LogP contribution in [-0.2, 0) is 16.5 Å². The van der Waals surface area contributed by atoms with Gasteiger partial charge in [0.05, 0.1) is 5.75 Å². The molecule has 0 spiro atoms. The quantitative estimate of drug-likeness (QED) is 0.639. The minimum Gasteiger partial charge on any atom is -0.286 e. The van der Waals surface area contributed by atoms with E-state index in [9.17, 15) is 8.42 Å². The molecule has 0 fully saturated rings. The van der Waals surface area contributed by atoms with Crippen molar-refractivity contribution in [1.82, 2.24) is 4.98 Å². The number of aromatic nitrogens is 1.